The van der Waals surface area contributed by atoms with Crippen molar-refractivity contribution in [2.45, 2.75) is 38.4 Å². The van der Waals surface area contributed by atoms with Gasteiger partial charge in [0.15, 0.2) is 0 Å². The van der Waals surface area contributed by atoms with Gasteiger partial charge in [0.05, 0.1) is 5.56 Å². The molecule has 0 atom stereocenters. The van der Waals surface area contributed by atoms with Crippen molar-refractivity contribution in [3.8, 4) is 0 Å². The third-order valence-corrected chi connectivity index (χ3v) is 3.33. The van der Waals surface area contributed by atoms with Crippen LogP contribution in [0, 0.1) is 0 Å². The van der Waals surface area contributed by atoms with Gasteiger partial charge in [0.2, 0.25) is 0 Å². The van der Waals surface area contributed by atoms with Crippen molar-refractivity contribution < 1.29 is 18.0 Å². The molecule has 1 heterocycles. The van der Waals surface area contributed by atoms with E-state index in [1.54, 1.807) is 0 Å². The maximum absolute atomic E-state index is 12.4. The van der Waals surface area contributed by atoms with Gasteiger partial charge >= 0.3 is 6.18 Å². The fourth-order valence-electron chi connectivity index (χ4n) is 1.54. The first kappa shape index (κ1) is 23.2. The Balaban J connectivity index is 0. The van der Waals surface area contributed by atoms with Gasteiger partial charge in [-0.3, -0.25) is 9.78 Å². The van der Waals surface area contributed by atoms with E-state index in [9.17, 15) is 18.0 Å². The van der Waals surface area contributed by atoms with Crippen LogP contribution in [0.25, 0.3) is 0 Å². The first-order valence-electron chi connectivity index (χ1n) is 6.32. The van der Waals surface area contributed by atoms with Crippen LogP contribution >= 0.6 is 24.8 Å². The molecule has 1 aromatic rings. The molecule has 0 bridgehead atoms. The average Bonchev–Trinajstić information content (AvgIpc) is 2.43. The molecule has 0 radical (unpaired) electrons. The lowest BCUT2D eigenvalue weighted by Gasteiger charge is -2.26. The topological polar surface area (TPSA) is 68.0 Å². The maximum Gasteiger partial charge on any atom is 0.417 e. The van der Waals surface area contributed by atoms with Gasteiger partial charge in [-0.25, -0.2) is 0 Å². The van der Waals surface area contributed by atoms with E-state index >= 15 is 0 Å². The van der Waals surface area contributed by atoms with Crippen molar-refractivity contribution in [1.29, 1.82) is 0 Å². The molecule has 1 aromatic heterocycles. The van der Waals surface area contributed by atoms with Gasteiger partial charge in [0.1, 0.15) is 5.69 Å². The zero-order valence-electron chi connectivity index (χ0n) is 12.2. The van der Waals surface area contributed by atoms with E-state index < -0.39 is 23.2 Å². The summed E-state index contributed by atoms with van der Waals surface area (Å²) < 4.78 is 37.1. The molecule has 0 fully saturated rings. The highest BCUT2D eigenvalue weighted by atomic mass is 35.5. The highest BCUT2D eigenvalue weighted by Gasteiger charge is 2.31. The van der Waals surface area contributed by atoms with Crippen LogP contribution in [0.1, 0.15) is 42.7 Å². The summed E-state index contributed by atoms with van der Waals surface area (Å²) >= 11 is 0. The van der Waals surface area contributed by atoms with Gasteiger partial charge in [0.25, 0.3) is 5.91 Å². The van der Waals surface area contributed by atoms with Crippen LogP contribution in [0.5, 0.6) is 0 Å². The highest BCUT2D eigenvalue weighted by Crippen LogP contribution is 2.28. The molecule has 9 heteroatoms. The van der Waals surface area contributed by atoms with Crippen LogP contribution in [0.2, 0.25) is 0 Å². The fraction of sp³-hybridized carbons (Fsp3) is 0.538. The predicted octanol–water partition coefficient (Wildman–Crippen LogP) is 3.19. The minimum Gasteiger partial charge on any atom is -0.349 e. The molecular formula is C13H20Cl2F3N3O. The minimum atomic E-state index is -4.46. The van der Waals surface area contributed by atoms with E-state index in [1.807, 2.05) is 13.8 Å². The predicted molar refractivity (Wildman–Crippen MR) is 83.6 cm³/mol. The van der Waals surface area contributed by atoms with E-state index in [1.165, 1.54) is 0 Å². The minimum absolute atomic E-state index is 0. The molecule has 0 aliphatic rings. The summed E-state index contributed by atoms with van der Waals surface area (Å²) in [5.41, 5.74) is 4.56. The molecule has 128 valence electrons. The van der Waals surface area contributed by atoms with Crippen molar-refractivity contribution in [3.63, 3.8) is 0 Å². The molecule has 0 unspecified atom stereocenters. The lowest BCUT2D eigenvalue weighted by molar-refractivity contribution is -0.137. The number of alkyl halides is 3. The molecule has 0 spiro atoms. The van der Waals surface area contributed by atoms with Crippen LogP contribution in [0.4, 0.5) is 13.2 Å². The average molecular weight is 362 g/mol. The van der Waals surface area contributed by atoms with Crippen LogP contribution in [0.3, 0.4) is 0 Å². The summed E-state index contributed by atoms with van der Waals surface area (Å²) in [6.07, 6.45) is -2.45. The van der Waals surface area contributed by atoms with Gasteiger partial charge in [-0.2, -0.15) is 13.2 Å². The Morgan fingerprint density at radius 3 is 2.14 bits per heavy atom. The number of nitrogens with zero attached hydrogens (tertiary/aromatic N) is 1. The number of halogens is 5. The summed E-state index contributed by atoms with van der Waals surface area (Å²) in [6.45, 7) is 4.07. The number of carbonyl (C=O) groups is 1. The number of rotatable bonds is 5. The molecular weight excluding hydrogens is 342 g/mol. The monoisotopic (exact) mass is 361 g/mol. The molecule has 4 nitrogen and oxygen atoms in total. The fourth-order valence-corrected chi connectivity index (χ4v) is 1.54. The molecule has 0 saturated carbocycles. The lowest BCUT2D eigenvalue weighted by Crippen LogP contribution is -2.49. The molecule has 1 amide bonds. The number of carbonyl (C=O) groups excluding carboxylic acids is 1. The molecule has 3 N–H and O–H groups in total. The zero-order valence-corrected chi connectivity index (χ0v) is 13.9. The lowest BCUT2D eigenvalue weighted by atomic mass is 9.94. The zero-order chi connectivity index (χ0) is 15.4. The Bertz CT molecular complexity index is 463. The Kier molecular flexibility index (Phi) is 9.68. The summed E-state index contributed by atoms with van der Waals surface area (Å²) in [4.78, 5) is 15.3. The largest absolute Gasteiger partial charge is 0.417 e. The van der Waals surface area contributed by atoms with Crippen molar-refractivity contribution in [1.82, 2.24) is 10.3 Å². The molecule has 0 aliphatic heterocycles. The SMILES string of the molecule is CCC(N)(CC)CNC(=O)c1ccc(C(F)(F)F)cn1.Cl.Cl. The summed E-state index contributed by atoms with van der Waals surface area (Å²) in [7, 11) is 0. The number of hydrogen-bond donors (Lipinski definition) is 2. The van der Waals surface area contributed by atoms with E-state index in [4.69, 9.17) is 5.73 Å². The summed E-state index contributed by atoms with van der Waals surface area (Å²) in [5.74, 6) is -0.532. The second-order valence-electron chi connectivity index (χ2n) is 4.68. The van der Waals surface area contributed by atoms with Crippen LogP contribution in [-0.2, 0) is 6.18 Å². The van der Waals surface area contributed by atoms with Crippen LogP contribution in [-0.4, -0.2) is 23.0 Å². The Morgan fingerprint density at radius 1 is 1.23 bits per heavy atom. The molecule has 22 heavy (non-hydrogen) atoms. The van der Waals surface area contributed by atoms with Crippen molar-refractivity contribution >= 4 is 30.7 Å². The van der Waals surface area contributed by atoms with E-state index in [0.717, 1.165) is 12.1 Å². The Hall–Kier alpha value is -1.05. The van der Waals surface area contributed by atoms with E-state index in [0.29, 0.717) is 19.0 Å². The van der Waals surface area contributed by atoms with Gasteiger partial charge in [-0.05, 0) is 25.0 Å². The summed E-state index contributed by atoms with van der Waals surface area (Å²) in [6, 6.07) is 1.88. The van der Waals surface area contributed by atoms with Gasteiger partial charge in [-0.15, -0.1) is 24.8 Å². The summed E-state index contributed by atoms with van der Waals surface area (Å²) in [5, 5.41) is 2.59. The standard InChI is InChI=1S/C13H18F3N3O.2ClH/c1-3-12(17,4-2)8-19-11(20)10-6-5-9(7-18-10)13(14,15)16;;/h5-7H,3-4,8,17H2,1-2H3,(H,19,20);2*1H. The first-order valence-corrected chi connectivity index (χ1v) is 6.32. The molecule has 0 aromatic carbocycles. The smallest absolute Gasteiger partial charge is 0.349 e. The van der Waals surface area contributed by atoms with Gasteiger partial charge in [-0.1, -0.05) is 13.8 Å². The Morgan fingerprint density at radius 2 is 1.77 bits per heavy atom. The second-order valence-corrected chi connectivity index (χ2v) is 4.68. The Labute approximate surface area is 139 Å². The van der Waals surface area contributed by atoms with E-state index in [2.05, 4.69) is 10.3 Å². The molecule has 1 rings (SSSR count). The molecule has 0 aliphatic carbocycles. The number of nitrogens with one attached hydrogen (secondary N) is 1. The van der Waals surface area contributed by atoms with Crippen LogP contribution in [0.15, 0.2) is 18.3 Å². The van der Waals surface area contributed by atoms with Crippen molar-refractivity contribution in [3.05, 3.63) is 29.6 Å². The third-order valence-electron chi connectivity index (χ3n) is 3.33. The first-order chi connectivity index (χ1) is 9.22. The van der Waals surface area contributed by atoms with Gasteiger partial charge < -0.3 is 11.1 Å². The van der Waals surface area contributed by atoms with Crippen LogP contribution < -0.4 is 11.1 Å². The number of nitrogens with two attached hydrogens (primary N) is 1. The number of amides is 1. The number of pyridine rings is 1. The normalized spacial score (nSPS) is 11.2. The molecule has 0 saturated heterocycles. The van der Waals surface area contributed by atoms with E-state index in [-0.39, 0.29) is 37.1 Å². The number of hydrogen-bond acceptors (Lipinski definition) is 3. The number of aromatic nitrogens is 1. The van der Waals surface area contributed by atoms with Crippen molar-refractivity contribution in [2.24, 2.45) is 5.73 Å². The quantitative estimate of drug-likeness (QED) is 0.845. The third kappa shape index (κ3) is 6.37. The highest BCUT2D eigenvalue weighted by molar-refractivity contribution is 5.92. The van der Waals surface area contributed by atoms with Crippen molar-refractivity contribution in [2.75, 3.05) is 6.54 Å². The maximum atomic E-state index is 12.4. The second kappa shape index (κ2) is 9.17. The van der Waals surface area contributed by atoms with Gasteiger partial charge in [0, 0.05) is 18.3 Å².